The van der Waals surface area contributed by atoms with E-state index in [4.69, 9.17) is 4.74 Å². The van der Waals surface area contributed by atoms with Crippen LogP contribution in [0.1, 0.15) is 27.2 Å². The van der Waals surface area contributed by atoms with Gasteiger partial charge in [0.25, 0.3) is 0 Å². The van der Waals surface area contributed by atoms with Gasteiger partial charge in [-0.1, -0.05) is 0 Å². The van der Waals surface area contributed by atoms with Crippen molar-refractivity contribution in [3.63, 3.8) is 0 Å². The Morgan fingerprint density at radius 2 is 2.30 bits per heavy atom. The maximum Gasteiger partial charge on any atom is 0.410 e. The molecule has 0 N–H and O–H groups in total. The minimum atomic E-state index is -0.427. The summed E-state index contributed by atoms with van der Waals surface area (Å²) < 4.78 is 5.39. The fourth-order valence-electron chi connectivity index (χ4n) is 2.02. The van der Waals surface area contributed by atoms with E-state index >= 15 is 0 Å². The van der Waals surface area contributed by atoms with Crippen molar-refractivity contribution < 1.29 is 9.53 Å². The highest BCUT2D eigenvalue weighted by atomic mass is 32.2. The molecule has 0 unspecified atom stereocenters. The third-order valence-corrected chi connectivity index (χ3v) is 4.09. The third kappa shape index (κ3) is 4.67. The molecule has 1 aromatic heterocycles. The van der Waals surface area contributed by atoms with Crippen LogP contribution in [0.3, 0.4) is 0 Å². The average molecular weight is 295 g/mol. The molecule has 0 saturated carbocycles. The molecular formula is C14H21N3O2S. The van der Waals surface area contributed by atoms with Crippen LogP contribution in [0.5, 0.6) is 0 Å². The predicted molar refractivity (Wildman–Crippen MR) is 78.7 cm³/mol. The quantitative estimate of drug-likeness (QED) is 0.803. The Kier molecular flexibility index (Phi) is 4.86. The van der Waals surface area contributed by atoms with Gasteiger partial charge in [0, 0.05) is 31.2 Å². The Morgan fingerprint density at radius 1 is 1.50 bits per heavy atom. The number of amides is 1. The van der Waals surface area contributed by atoms with E-state index in [0.29, 0.717) is 5.92 Å². The number of ether oxygens (including phenoxy) is 1. The molecule has 5 nitrogen and oxygen atoms in total. The zero-order chi connectivity index (χ0) is 14.6. The summed E-state index contributed by atoms with van der Waals surface area (Å²) in [5.41, 5.74) is -0.427. The lowest BCUT2D eigenvalue weighted by Gasteiger charge is -2.24. The van der Waals surface area contributed by atoms with Crippen molar-refractivity contribution >= 4 is 17.9 Å². The van der Waals surface area contributed by atoms with E-state index in [0.717, 1.165) is 30.3 Å². The molecule has 0 aliphatic carbocycles. The first-order chi connectivity index (χ1) is 9.44. The van der Waals surface area contributed by atoms with Gasteiger partial charge in [0.15, 0.2) is 0 Å². The van der Waals surface area contributed by atoms with Crippen molar-refractivity contribution in [3.05, 3.63) is 18.6 Å². The molecule has 1 saturated heterocycles. The number of hydrogen-bond donors (Lipinski definition) is 0. The van der Waals surface area contributed by atoms with Crippen molar-refractivity contribution in [3.8, 4) is 0 Å². The van der Waals surface area contributed by atoms with Crippen molar-refractivity contribution in [2.45, 2.75) is 37.8 Å². The lowest BCUT2D eigenvalue weighted by Crippen LogP contribution is -2.35. The molecule has 0 spiro atoms. The summed E-state index contributed by atoms with van der Waals surface area (Å²) in [5, 5.41) is 0.934. The molecule has 1 amide bonds. The molecule has 0 aromatic carbocycles. The number of aromatic nitrogens is 2. The van der Waals surface area contributed by atoms with E-state index in [-0.39, 0.29) is 6.09 Å². The topological polar surface area (TPSA) is 55.3 Å². The second-order valence-electron chi connectivity index (χ2n) is 5.94. The molecule has 1 atom stereocenters. The fraction of sp³-hybridized carbons (Fsp3) is 0.643. The van der Waals surface area contributed by atoms with Crippen LogP contribution in [0, 0.1) is 5.92 Å². The minimum absolute atomic E-state index is 0.204. The molecule has 2 heterocycles. The van der Waals surface area contributed by atoms with Gasteiger partial charge in [0.05, 0.1) is 6.20 Å². The number of carbonyl (C=O) groups is 1. The maximum atomic E-state index is 12.0. The first-order valence-corrected chi connectivity index (χ1v) is 7.79. The monoisotopic (exact) mass is 295 g/mol. The average Bonchev–Trinajstić information content (AvgIpc) is 2.84. The van der Waals surface area contributed by atoms with Gasteiger partial charge in [0.1, 0.15) is 10.6 Å². The van der Waals surface area contributed by atoms with Crippen LogP contribution >= 0.6 is 11.8 Å². The predicted octanol–water partition coefficient (Wildman–Crippen LogP) is 2.83. The molecule has 20 heavy (non-hydrogen) atoms. The summed E-state index contributed by atoms with van der Waals surface area (Å²) >= 11 is 1.69. The van der Waals surface area contributed by atoms with E-state index in [1.165, 1.54) is 0 Å². The Morgan fingerprint density at radius 3 is 2.95 bits per heavy atom. The molecule has 0 radical (unpaired) electrons. The number of nitrogens with zero attached hydrogens (tertiary/aromatic N) is 3. The zero-order valence-electron chi connectivity index (χ0n) is 12.2. The molecule has 1 aromatic rings. The van der Waals surface area contributed by atoms with Gasteiger partial charge in [-0.25, -0.2) is 9.78 Å². The summed E-state index contributed by atoms with van der Waals surface area (Å²) in [5.74, 6) is 1.45. The zero-order valence-corrected chi connectivity index (χ0v) is 13.0. The highest BCUT2D eigenvalue weighted by Gasteiger charge is 2.29. The first-order valence-electron chi connectivity index (χ1n) is 6.81. The minimum Gasteiger partial charge on any atom is -0.444 e. The van der Waals surface area contributed by atoms with Crippen LogP contribution in [0.15, 0.2) is 23.6 Å². The van der Waals surface area contributed by atoms with E-state index in [9.17, 15) is 4.79 Å². The lowest BCUT2D eigenvalue weighted by molar-refractivity contribution is 0.0289. The molecular weight excluding hydrogens is 274 g/mol. The van der Waals surface area contributed by atoms with Gasteiger partial charge >= 0.3 is 6.09 Å². The largest absolute Gasteiger partial charge is 0.444 e. The number of thioether (sulfide) groups is 1. The molecule has 0 bridgehead atoms. The van der Waals surface area contributed by atoms with E-state index < -0.39 is 5.60 Å². The van der Waals surface area contributed by atoms with Crippen LogP contribution in [0.4, 0.5) is 4.79 Å². The Labute approximate surface area is 124 Å². The maximum absolute atomic E-state index is 12.0. The smallest absolute Gasteiger partial charge is 0.410 e. The van der Waals surface area contributed by atoms with Crippen LogP contribution in [0.2, 0.25) is 0 Å². The van der Waals surface area contributed by atoms with Gasteiger partial charge < -0.3 is 9.64 Å². The summed E-state index contributed by atoms with van der Waals surface area (Å²) in [4.78, 5) is 22.0. The van der Waals surface area contributed by atoms with Crippen LogP contribution in [-0.2, 0) is 4.74 Å². The highest BCUT2D eigenvalue weighted by Crippen LogP contribution is 2.25. The first kappa shape index (κ1) is 15.1. The van der Waals surface area contributed by atoms with Crippen LogP contribution in [0.25, 0.3) is 0 Å². The molecule has 1 fully saturated rings. The van der Waals surface area contributed by atoms with Gasteiger partial charge in [-0.05, 0) is 33.1 Å². The van der Waals surface area contributed by atoms with E-state index in [2.05, 4.69) is 9.97 Å². The third-order valence-electron chi connectivity index (χ3n) is 2.94. The molecule has 110 valence electrons. The van der Waals surface area contributed by atoms with Gasteiger partial charge in [-0.15, -0.1) is 11.8 Å². The van der Waals surface area contributed by atoms with E-state index in [1.54, 1.807) is 35.3 Å². The van der Waals surface area contributed by atoms with Crippen molar-refractivity contribution in [2.24, 2.45) is 5.92 Å². The molecule has 1 aliphatic heterocycles. The van der Waals surface area contributed by atoms with Gasteiger partial charge in [-0.3, -0.25) is 4.98 Å². The summed E-state index contributed by atoms with van der Waals surface area (Å²) in [6.07, 6.45) is 5.95. The summed E-state index contributed by atoms with van der Waals surface area (Å²) in [6.45, 7) is 7.22. The molecule has 2 rings (SSSR count). The van der Waals surface area contributed by atoms with Crippen LogP contribution in [-0.4, -0.2) is 45.4 Å². The van der Waals surface area contributed by atoms with Gasteiger partial charge in [0.2, 0.25) is 0 Å². The lowest BCUT2D eigenvalue weighted by atomic mass is 10.2. The molecule has 1 aliphatic rings. The number of hydrogen-bond acceptors (Lipinski definition) is 5. The normalized spacial score (nSPS) is 19.1. The standard InChI is InChI=1S/C14H21N3O2S/c1-14(2,3)19-13(18)17-7-4-11(9-17)10-20-12-8-15-5-6-16-12/h5-6,8,11H,4,7,9-10H2,1-3H3/t11-/m0/s1. The van der Waals surface area contributed by atoms with Gasteiger partial charge in [-0.2, -0.15) is 0 Å². The fourth-order valence-corrected chi connectivity index (χ4v) is 2.97. The number of likely N-dealkylation sites (tertiary alicyclic amines) is 1. The van der Waals surface area contributed by atoms with E-state index in [1.807, 2.05) is 20.8 Å². The summed E-state index contributed by atoms with van der Waals surface area (Å²) in [7, 11) is 0. The van der Waals surface area contributed by atoms with Crippen molar-refractivity contribution in [1.82, 2.24) is 14.9 Å². The number of carbonyl (C=O) groups excluding carboxylic acids is 1. The second kappa shape index (κ2) is 6.43. The SMILES string of the molecule is CC(C)(C)OC(=O)N1CC[C@H](CSc2cnccn2)C1. The van der Waals surface area contributed by atoms with Crippen molar-refractivity contribution in [2.75, 3.05) is 18.8 Å². The second-order valence-corrected chi connectivity index (χ2v) is 6.98. The van der Waals surface area contributed by atoms with Crippen LogP contribution < -0.4 is 0 Å². The number of rotatable bonds is 3. The Balaban J connectivity index is 1.76. The Hall–Kier alpha value is -1.30. The Bertz CT molecular complexity index is 447. The molecule has 6 heteroatoms. The highest BCUT2D eigenvalue weighted by molar-refractivity contribution is 7.99. The summed E-state index contributed by atoms with van der Waals surface area (Å²) in [6, 6.07) is 0. The van der Waals surface area contributed by atoms with Crippen molar-refractivity contribution in [1.29, 1.82) is 0 Å².